The van der Waals surface area contributed by atoms with Gasteiger partial charge in [0, 0.05) is 31.3 Å². The van der Waals surface area contributed by atoms with Crippen LogP contribution >= 0.6 is 0 Å². The Bertz CT molecular complexity index is 707. The van der Waals surface area contributed by atoms with E-state index in [4.69, 9.17) is 14.2 Å². The van der Waals surface area contributed by atoms with E-state index in [-0.39, 0.29) is 12.7 Å². The van der Waals surface area contributed by atoms with Crippen molar-refractivity contribution in [2.75, 3.05) is 28.0 Å². The van der Waals surface area contributed by atoms with E-state index in [1.165, 1.54) is 0 Å². The molecule has 0 unspecified atom stereocenters. The lowest BCUT2D eigenvalue weighted by atomic mass is 10.0. The minimum absolute atomic E-state index is 0.0239. The van der Waals surface area contributed by atoms with E-state index < -0.39 is 0 Å². The summed E-state index contributed by atoms with van der Waals surface area (Å²) in [6, 6.07) is 11.1. The maximum absolute atomic E-state index is 11.9. The smallest absolute Gasteiger partial charge is 0.253 e. The number of amides is 1. The summed E-state index contributed by atoms with van der Waals surface area (Å²) in [5.41, 5.74) is 2.49. The number of carbonyl (C=O) groups is 1. The summed E-state index contributed by atoms with van der Waals surface area (Å²) in [4.78, 5) is 13.5. The SMILES string of the molecule is COc1cc2c(cc1-c1ccc(C(=O)N(C)C)cc1)OCO2. The van der Waals surface area contributed by atoms with Crippen molar-refractivity contribution < 1.29 is 19.0 Å². The maximum atomic E-state index is 11.9. The van der Waals surface area contributed by atoms with Gasteiger partial charge in [-0.25, -0.2) is 0 Å². The Labute approximate surface area is 129 Å². The molecule has 1 aliphatic rings. The van der Waals surface area contributed by atoms with Gasteiger partial charge in [0.15, 0.2) is 11.5 Å². The van der Waals surface area contributed by atoms with Gasteiger partial charge in [0.2, 0.25) is 6.79 Å². The van der Waals surface area contributed by atoms with E-state index in [0.717, 1.165) is 11.1 Å². The standard InChI is InChI=1S/C17H17NO4/c1-18(2)17(19)12-6-4-11(5-7-12)13-8-15-16(22-10-21-15)9-14(13)20-3/h4-9H,10H2,1-3H3. The van der Waals surface area contributed by atoms with Gasteiger partial charge >= 0.3 is 0 Å². The topological polar surface area (TPSA) is 48.0 Å². The van der Waals surface area contributed by atoms with Crippen molar-refractivity contribution >= 4 is 5.91 Å². The van der Waals surface area contributed by atoms with Gasteiger partial charge in [-0.1, -0.05) is 12.1 Å². The van der Waals surface area contributed by atoms with Crippen molar-refractivity contribution in [3.63, 3.8) is 0 Å². The Morgan fingerprint density at radius 2 is 1.73 bits per heavy atom. The van der Waals surface area contributed by atoms with Crippen LogP contribution in [0.2, 0.25) is 0 Å². The van der Waals surface area contributed by atoms with Gasteiger partial charge in [-0.15, -0.1) is 0 Å². The number of benzene rings is 2. The third kappa shape index (κ3) is 2.45. The minimum Gasteiger partial charge on any atom is -0.496 e. The molecule has 5 nitrogen and oxygen atoms in total. The summed E-state index contributed by atoms with van der Waals surface area (Å²) in [6.45, 7) is 0.220. The molecule has 0 spiro atoms. The average Bonchev–Trinajstić information content (AvgIpc) is 3.00. The van der Waals surface area contributed by atoms with E-state index >= 15 is 0 Å². The van der Waals surface area contributed by atoms with Gasteiger partial charge in [0.1, 0.15) is 5.75 Å². The van der Waals surface area contributed by atoms with Crippen LogP contribution in [-0.2, 0) is 0 Å². The summed E-state index contributed by atoms with van der Waals surface area (Å²) in [5.74, 6) is 2.06. The molecule has 0 radical (unpaired) electrons. The van der Waals surface area contributed by atoms with E-state index in [1.54, 1.807) is 26.1 Å². The Kier molecular flexibility index (Phi) is 3.63. The molecular weight excluding hydrogens is 282 g/mol. The quantitative estimate of drug-likeness (QED) is 0.874. The molecule has 2 aromatic rings. The number of hydrogen-bond donors (Lipinski definition) is 0. The third-order valence-corrected chi connectivity index (χ3v) is 3.54. The number of hydrogen-bond acceptors (Lipinski definition) is 4. The molecule has 1 amide bonds. The molecule has 5 heteroatoms. The second kappa shape index (κ2) is 5.60. The van der Waals surface area contributed by atoms with Crippen LogP contribution in [0.3, 0.4) is 0 Å². The zero-order chi connectivity index (χ0) is 15.7. The van der Waals surface area contributed by atoms with Crippen molar-refractivity contribution in [2.24, 2.45) is 0 Å². The minimum atomic E-state index is -0.0239. The van der Waals surface area contributed by atoms with E-state index in [1.807, 2.05) is 36.4 Å². The predicted octanol–water partition coefficient (Wildman–Crippen LogP) is 2.79. The van der Waals surface area contributed by atoms with Gasteiger partial charge in [-0.3, -0.25) is 4.79 Å². The Morgan fingerprint density at radius 1 is 1.09 bits per heavy atom. The fraction of sp³-hybridized carbons (Fsp3) is 0.235. The van der Waals surface area contributed by atoms with Crippen LogP contribution in [0.15, 0.2) is 36.4 Å². The van der Waals surface area contributed by atoms with Gasteiger partial charge in [-0.05, 0) is 23.8 Å². The van der Waals surface area contributed by atoms with Gasteiger partial charge < -0.3 is 19.1 Å². The molecule has 0 aliphatic carbocycles. The zero-order valence-electron chi connectivity index (χ0n) is 12.8. The van der Waals surface area contributed by atoms with Crippen molar-refractivity contribution in [1.82, 2.24) is 4.90 Å². The van der Waals surface area contributed by atoms with Crippen LogP contribution in [-0.4, -0.2) is 38.8 Å². The largest absolute Gasteiger partial charge is 0.496 e. The monoisotopic (exact) mass is 299 g/mol. The normalized spacial score (nSPS) is 12.1. The molecule has 0 N–H and O–H groups in total. The molecule has 0 atom stereocenters. The summed E-state index contributed by atoms with van der Waals surface area (Å²) in [7, 11) is 5.08. The number of fused-ring (bicyclic) bond motifs is 1. The number of nitrogens with zero attached hydrogens (tertiary/aromatic N) is 1. The van der Waals surface area contributed by atoms with Crippen molar-refractivity contribution in [1.29, 1.82) is 0 Å². The molecule has 114 valence electrons. The van der Waals surface area contributed by atoms with E-state index in [2.05, 4.69) is 0 Å². The van der Waals surface area contributed by atoms with Crippen molar-refractivity contribution in [2.45, 2.75) is 0 Å². The summed E-state index contributed by atoms with van der Waals surface area (Å²) in [5, 5.41) is 0. The predicted molar refractivity (Wildman–Crippen MR) is 82.6 cm³/mol. The summed E-state index contributed by atoms with van der Waals surface area (Å²) < 4.78 is 16.2. The Hall–Kier alpha value is -2.69. The highest BCUT2D eigenvalue weighted by atomic mass is 16.7. The number of rotatable bonds is 3. The molecule has 0 aromatic heterocycles. The summed E-state index contributed by atoms with van der Waals surface area (Å²) in [6.07, 6.45) is 0. The number of carbonyl (C=O) groups excluding carboxylic acids is 1. The van der Waals surface area contributed by atoms with E-state index in [0.29, 0.717) is 22.8 Å². The lowest BCUT2D eigenvalue weighted by molar-refractivity contribution is 0.0827. The van der Waals surface area contributed by atoms with Gasteiger partial charge in [0.05, 0.1) is 7.11 Å². The van der Waals surface area contributed by atoms with Crippen LogP contribution in [0.1, 0.15) is 10.4 Å². The summed E-state index contributed by atoms with van der Waals surface area (Å²) >= 11 is 0. The third-order valence-electron chi connectivity index (χ3n) is 3.54. The Balaban J connectivity index is 1.99. The molecular formula is C17H17NO4. The lowest BCUT2D eigenvalue weighted by Crippen LogP contribution is -2.21. The van der Waals surface area contributed by atoms with Crippen molar-refractivity contribution in [3.8, 4) is 28.4 Å². The Morgan fingerprint density at radius 3 is 2.32 bits per heavy atom. The van der Waals surface area contributed by atoms with Gasteiger partial charge in [-0.2, -0.15) is 0 Å². The second-order valence-electron chi connectivity index (χ2n) is 5.18. The van der Waals surface area contributed by atoms with Crippen LogP contribution in [0.5, 0.6) is 17.2 Å². The zero-order valence-corrected chi connectivity index (χ0v) is 12.8. The molecule has 0 saturated heterocycles. The molecule has 0 bridgehead atoms. The second-order valence-corrected chi connectivity index (χ2v) is 5.18. The fourth-order valence-electron chi connectivity index (χ4n) is 2.37. The number of ether oxygens (including phenoxy) is 3. The molecule has 1 aliphatic heterocycles. The highest BCUT2D eigenvalue weighted by Crippen LogP contribution is 2.42. The number of methoxy groups -OCH3 is 1. The lowest BCUT2D eigenvalue weighted by Gasteiger charge is -2.12. The fourth-order valence-corrected chi connectivity index (χ4v) is 2.37. The molecule has 1 heterocycles. The molecule has 0 fully saturated rings. The van der Waals surface area contributed by atoms with Crippen LogP contribution < -0.4 is 14.2 Å². The first-order valence-electron chi connectivity index (χ1n) is 6.90. The maximum Gasteiger partial charge on any atom is 0.253 e. The first kappa shape index (κ1) is 14.3. The van der Waals surface area contributed by atoms with Crippen LogP contribution in [0.25, 0.3) is 11.1 Å². The molecule has 0 saturated carbocycles. The van der Waals surface area contributed by atoms with Crippen LogP contribution in [0, 0.1) is 0 Å². The highest BCUT2D eigenvalue weighted by molar-refractivity contribution is 5.94. The van der Waals surface area contributed by atoms with Crippen LogP contribution in [0.4, 0.5) is 0 Å². The van der Waals surface area contributed by atoms with Gasteiger partial charge in [0.25, 0.3) is 5.91 Å². The average molecular weight is 299 g/mol. The first-order valence-corrected chi connectivity index (χ1v) is 6.90. The van der Waals surface area contributed by atoms with Crippen molar-refractivity contribution in [3.05, 3.63) is 42.0 Å². The van der Waals surface area contributed by atoms with E-state index in [9.17, 15) is 4.79 Å². The molecule has 22 heavy (non-hydrogen) atoms. The first-order chi connectivity index (χ1) is 10.6. The molecule has 2 aromatic carbocycles. The highest BCUT2D eigenvalue weighted by Gasteiger charge is 2.19. The molecule has 3 rings (SSSR count).